The summed E-state index contributed by atoms with van der Waals surface area (Å²) < 4.78 is 23.4. The molecule has 0 unspecified atom stereocenters. The van der Waals surface area contributed by atoms with Crippen molar-refractivity contribution in [2.45, 2.75) is 19.9 Å². The van der Waals surface area contributed by atoms with Crippen molar-refractivity contribution < 1.29 is 28.2 Å². The Morgan fingerprint density at radius 1 is 0.939 bits per heavy atom. The van der Waals surface area contributed by atoms with Gasteiger partial charge in [0.25, 0.3) is 5.91 Å². The second-order valence-electron chi connectivity index (χ2n) is 7.01. The number of ether oxygens (including phenoxy) is 2. The van der Waals surface area contributed by atoms with E-state index < -0.39 is 12.0 Å². The molecule has 2 N–H and O–H groups in total. The predicted molar refractivity (Wildman–Crippen MR) is 120 cm³/mol. The molecular formula is C25H23FN2O5. The largest absolute Gasteiger partial charge is 0.513 e. The quantitative estimate of drug-likeness (QED) is 0.390. The molecule has 0 aliphatic rings. The number of hydrogen-bond donors (Lipinski definition) is 2. The van der Waals surface area contributed by atoms with Gasteiger partial charge in [0.1, 0.15) is 11.6 Å². The molecule has 3 aromatic carbocycles. The highest BCUT2D eigenvalue weighted by Crippen LogP contribution is 2.15. The monoisotopic (exact) mass is 450 g/mol. The van der Waals surface area contributed by atoms with Crippen LogP contribution in [0.2, 0.25) is 0 Å². The average molecular weight is 450 g/mol. The lowest BCUT2D eigenvalue weighted by Crippen LogP contribution is -2.23. The predicted octanol–water partition coefficient (Wildman–Crippen LogP) is 4.47. The molecule has 170 valence electrons. The number of anilines is 1. The van der Waals surface area contributed by atoms with E-state index in [9.17, 15) is 18.8 Å². The van der Waals surface area contributed by atoms with Crippen LogP contribution >= 0.6 is 0 Å². The van der Waals surface area contributed by atoms with Crippen LogP contribution in [0.5, 0.6) is 5.75 Å². The number of hydrogen-bond acceptors (Lipinski definition) is 5. The summed E-state index contributed by atoms with van der Waals surface area (Å²) in [6, 6.07) is 19.2. The lowest BCUT2D eigenvalue weighted by Gasteiger charge is -2.10. The summed E-state index contributed by atoms with van der Waals surface area (Å²) in [6.45, 7) is 2.11. The van der Waals surface area contributed by atoms with Gasteiger partial charge in [0.05, 0.1) is 13.0 Å². The molecule has 7 nitrogen and oxygen atoms in total. The maximum atomic E-state index is 13.7. The molecule has 0 aromatic heterocycles. The average Bonchev–Trinajstić information content (AvgIpc) is 2.80. The van der Waals surface area contributed by atoms with Gasteiger partial charge < -0.3 is 20.1 Å². The fourth-order valence-corrected chi connectivity index (χ4v) is 2.98. The van der Waals surface area contributed by atoms with Crippen molar-refractivity contribution in [3.05, 3.63) is 95.3 Å². The van der Waals surface area contributed by atoms with Gasteiger partial charge in [-0.2, -0.15) is 0 Å². The van der Waals surface area contributed by atoms with Gasteiger partial charge >= 0.3 is 6.16 Å². The minimum absolute atomic E-state index is 0.0798. The van der Waals surface area contributed by atoms with Crippen molar-refractivity contribution in [3.63, 3.8) is 0 Å². The van der Waals surface area contributed by atoms with Gasteiger partial charge in [-0.25, -0.2) is 9.18 Å². The summed E-state index contributed by atoms with van der Waals surface area (Å²) in [5.74, 6) is -0.813. The van der Waals surface area contributed by atoms with Crippen LogP contribution < -0.4 is 15.4 Å². The van der Waals surface area contributed by atoms with E-state index in [1.807, 2.05) is 6.07 Å². The summed E-state index contributed by atoms with van der Waals surface area (Å²) in [7, 11) is 0. The zero-order valence-corrected chi connectivity index (χ0v) is 18.0. The first-order chi connectivity index (χ1) is 15.9. The van der Waals surface area contributed by atoms with Crippen molar-refractivity contribution >= 4 is 23.7 Å². The van der Waals surface area contributed by atoms with Gasteiger partial charge in [-0.1, -0.05) is 30.3 Å². The Bertz CT molecular complexity index is 1130. The number of nitrogens with one attached hydrogen (secondary N) is 2. The molecule has 0 aliphatic carbocycles. The van der Waals surface area contributed by atoms with Gasteiger partial charge in [0, 0.05) is 17.8 Å². The maximum absolute atomic E-state index is 13.7. The normalized spacial score (nSPS) is 10.2. The molecule has 0 fully saturated rings. The molecule has 0 saturated carbocycles. The molecule has 33 heavy (non-hydrogen) atoms. The van der Waals surface area contributed by atoms with Gasteiger partial charge in [-0.05, 0) is 60.5 Å². The van der Waals surface area contributed by atoms with E-state index in [0.717, 1.165) is 5.56 Å². The topological polar surface area (TPSA) is 93.7 Å². The van der Waals surface area contributed by atoms with E-state index in [4.69, 9.17) is 9.47 Å². The summed E-state index contributed by atoms with van der Waals surface area (Å²) in [6.07, 6.45) is -0.889. The molecule has 8 heteroatoms. The molecule has 3 rings (SSSR count). The van der Waals surface area contributed by atoms with Gasteiger partial charge in [0.15, 0.2) is 0 Å². The number of halogens is 1. The lowest BCUT2D eigenvalue weighted by molar-refractivity contribution is -0.115. The Kier molecular flexibility index (Phi) is 8.13. The Balaban J connectivity index is 1.52. The van der Waals surface area contributed by atoms with E-state index >= 15 is 0 Å². The van der Waals surface area contributed by atoms with Gasteiger partial charge in [0.2, 0.25) is 5.91 Å². The second-order valence-corrected chi connectivity index (χ2v) is 7.01. The van der Waals surface area contributed by atoms with Crippen molar-refractivity contribution in [2.75, 3.05) is 11.9 Å². The van der Waals surface area contributed by atoms with Crippen LogP contribution in [0.3, 0.4) is 0 Å². The molecule has 0 heterocycles. The third kappa shape index (κ3) is 7.17. The number of rotatable bonds is 8. The van der Waals surface area contributed by atoms with E-state index in [-0.39, 0.29) is 37.1 Å². The molecule has 0 atom stereocenters. The highest BCUT2D eigenvalue weighted by Gasteiger charge is 2.10. The molecule has 0 radical (unpaired) electrons. The molecule has 0 spiro atoms. The number of carbonyl (C=O) groups is 3. The second kappa shape index (κ2) is 11.4. The summed E-state index contributed by atoms with van der Waals surface area (Å²) in [5, 5.41) is 5.53. The van der Waals surface area contributed by atoms with E-state index in [0.29, 0.717) is 16.8 Å². The SMILES string of the molecule is CCOC(=O)Oc1ccc(C(=O)NCc2cccc(NC(=O)Cc3ccccc3F)c2)cc1. The Hall–Kier alpha value is -4.20. The van der Waals surface area contributed by atoms with Crippen molar-refractivity contribution in [1.29, 1.82) is 0 Å². The van der Waals surface area contributed by atoms with Crippen molar-refractivity contribution in [1.82, 2.24) is 5.32 Å². The molecule has 0 aliphatic heterocycles. The van der Waals surface area contributed by atoms with Crippen LogP contribution in [0.15, 0.2) is 72.8 Å². The molecule has 3 aromatic rings. The first-order valence-corrected chi connectivity index (χ1v) is 10.3. The number of carbonyl (C=O) groups excluding carboxylic acids is 3. The van der Waals surface area contributed by atoms with Gasteiger partial charge in [-0.3, -0.25) is 9.59 Å². The summed E-state index contributed by atoms with van der Waals surface area (Å²) >= 11 is 0. The molecule has 0 bridgehead atoms. The van der Waals surface area contributed by atoms with Gasteiger partial charge in [-0.15, -0.1) is 0 Å². The zero-order valence-electron chi connectivity index (χ0n) is 18.0. The molecule has 2 amide bonds. The Morgan fingerprint density at radius 3 is 2.42 bits per heavy atom. The standard InChI is InChI=1S/C25H23FN2O5/c1-2-32-25(31)33-21-12-10-18(11-13-21)24(30)27-16-17-6-5-8-20(14-17)28-23(29)15-19-7-3-4-9-22(19)26/h3-14H,2,15-16H2,1H3,(H,27,30)(H,28,29). The fraction of sp³-hybridized carbons (Fsp3) is 0.160. The van der Waals surface area contributed by atoms with E-state index in [2.05, 4.69) is 10.6 Å². The fourth-order valence-electron chi connectivity index (χ4n) is 2.98. The zero-order chi connectivity index (χ0) is 23.6. The van der Waals surface area contributed by atoms with E-state index in [1.165, 1.54) is 30.3 Å². The Labute approximate surface area is 190 Å². The highest BCUT2D eigenvalue weighted by molar-refractivity contribution is 5.94. The van der Waals surface area contributed by atoms with Crippen LogP contribution in [0.1, 0.15) is 28.4 Å². The Morgan fingerprint density at radius 2 is 1.70 bits per heavy atom. The minimum atomic E-state index is -0.810. The smallest absolute Gasteiger partial charge is 0.434 e. The highest BCUT2D eigenvalue weighted by atomic mass is 19.1. The molecular weight excluding hydrogens is 427 g/mol. The number of amides is 2. The number of benzene rings is 3. The van der Waals surface area contributed by atoms with Crippen LogP contribution in [0.25, 0.3) is 0 Å². The first-order valence-electron chi connectivity index (χ1n) is 10.3. The lowest BCUT2D eigenvalue weighted by atomic mass is 10.1. The van der Waals surface area contributed by atoms with Crippen LogP contribution in [0, 0.1) is 5.82 Å². The van der Waals surface area contributed by atoms with Crippen molar-refractivity contribution in [3.8, 4) is 5.75 Å². The summed E-state index contributed by atoms with van der Waals surface area (Å²) in [4.78, 5) is 36.0. The van der Waals surface area contributed by atoms with Crippen LogP contribution in [0.4, 0.5) is 14.9 Å². The minimum Gasteiger partial charge on any atom is -0.434 e. The van der Waals surface area contributed by atoms with E-state index in [1.54, 1.807) is 43.3 Å². The first kappa shape index (κ1) is 23.5. The van der Waals surface area contributed by atoms with Crippen LogP contribution in [-0.2, 0) is 22.5 Å². The van der Waals surface area contributed by atoms with Crippen molar-refractivity contribution in [2.24, 2.45) is 0 Å². The third-order valence-electron chi connectivity index (χ3n) is 4.55. The maximum Gasteiger partial charge on any atom is 0.513 e. The molecule has 0 saturated heterocycles. The third-order valence-corrected chi connectivity index (χ3v) is 4.55. The summed E-state index contributed by atoms with van der Waals surface area (Å²) in [5.41, 5.74) is 2.02. The van der Waals surface area contributed by atoms with Crippen LogP contribution in [-0.4, -0.2) is 24.6 Å².